The number of ether oxygens (including phenoxy) is 1. The number of fused-ring (bicyclic) bond motifs is 2. The number of hydrogen-bond donors (Lipinski definition) is 2. The average molecular weight is 389 g/mol. The third kappa shape index (κ3) is 3.21. The van der Waals surface area contributed by atoms with Crippen LogP contribution in [0, 0.1) is 11.8 Å². The lowest BCUT2D eigenvalue weighted by molar-refractivity contribution is 0.0397. The first kappa shape index (κ1) is 17.5. The third-order valence-electron chi connectivity index (χ3n) is 7.19. The second-order valence-electron chi connectivity index (χ2n) is 8.96. The molecule has 1 aromatic carbocycles. The third-order valence-corrected chi connectivity index (χ3v) is 7.19. The van der Waals surface area contributed by atoms with Crippen molar-refractivity contribution in [2.75, 3.05) is 18.5 Å². The topological polar surface area (TPSA) is 62.8 Å². The van der Waals surface area contributed by atoms with Crippen molar-refractivity contribution in [3.05, 3.63) is 53.5 Å². The number of aromatic amines is 1. The minimum Gasteiger partial charge on any atom is -0.381 e. The summed E-state index contributed by atoms with van der Waals surface area (Å²) in [6.45, 7) is 1.80. The fourth-order valence-corrected chi connectivity index (χ4v) is 5.46. The van der Waals surface area contributed by atoms with Crippen molar-refractivity contribution in [3.63, 3.8) is 0 Å². The average Bonchev–Trinajstić information content (AvgIpc) is 3.53. The van der Waals surface area contributed by atoms with Crippen LogP contribution in [0.4, 0.5) is 5.82 Å². The summed E-state index contributed by atoms with van der Waals surface area (Å²) in [7, 11) is 0. The van der Waals surface area contributed by atoms with E-state index < -0.39 is 0 Å². The van der Waals surface area contributed by atoms with Crippen molar-refractivity contribution >= 4 is 16.9 Å². The van der Waals surface area contributed by atoms with Crippen LogP contribution in [-0.4, -0.2) is 28.2 Å². The maximum atomic E-state index is 5.66. The Morgan fingerprint density at radius 3 is 2.72 bits per heavy atom. The number of nitrogens with one attached hydrogen (secondary N) is 2. The lowest BCUT2D eigenvalue weighted by Gasteiger charge is -2.40. The first-order valence-corrected chi connectivity index (χ1v) is 11.1. The number of aromatic nitrogens is 3. The highest BCUT2D eigenvalue weighted by Crippen LogP contribution is 2.45. The van der Waals surface area contributed by atoms with Crippen molar-refractivity contribution in [1.29, 1.82) is 0 Å². The summed E-state index contributed by atoms with van der Waals surface area (Å²) in [5.41, 5.74) is 5.19. The fraction of sp³-hybridized carbons (Fsp3) is 0.500. The minimum atomic E-state index is 0.292. The molecule has 3 aliphatic rings. The molecular weight excluding hydrogens is 360 g/mol. The van der Waals surface area contributed by atoms with E-state index >= 15 is 0 Å². The van der Waals surface area contributed by atoms with Crippen LogP contribution >= 0.6 is 0 Å². The fourth-order valence-electron chi connectivity index (χ4n) is 5.46. The predicted molar refractivity (Wildman–Crippen MR) is 114 cm³/mol. The Labute approximate surface area is 171 Å². The smallest absolute Gasteiger partial charge is 0.143 e. The van der Waals surface area contributed by atoms with Crippen LogP contribution < -0.4 is 5.32 Å². The van der Waals surface area contributed by atoms with E-state index in [-0.39, 0.29) is 0 Å². The van der Waals surface area contributed by atoms with Crippen LogP contribution in [0.15, 0.2) is 36.7 Å². The van der Waals surface area contributed by atoms with E-state index in [9.17, 15) is 0 Å². The Kier molecular flexibility index (Phi) is 4.29. The van der Waals surface area contributed by atoms with Gasteiger partial charge in [-0.05, 0) is 73.5 Å². The molecule has 5 heteroatoms. The van der Waals surface area contributed by atoms with Gasteiger partial charge in [-0.25, -0.2) is 9.97 Å². The van der Waals surface area contributed by atoms with E-state index in [1.165, 1.54) is 55.3 Å². The predicted octanol–water partition coefficient (Wildman–Crippen LogP) is 4.98. The summed E-state index contributed by atoms with van der Waals surface area (Å²) in [5.74, 6) is 2.97. The number of aryl methyl sites for hydroxylation is 1. The standard InChI is InChI=1S/C24H28N4O/c1-2-4-18-15(3-1)7-8-19(16-9-11-29-12-10-16)22(18)28-24-20-13-21(17-5-6-17)27-23(20)25-14-26-24/h1-4,13-14,16-17,19,22H,5-12H2,(H2,25,26,27,28)/t19-,22-/m1/s1. The zero-order valence-corrected chi connectivity index (χ0v) is 16.7. The van der Waals surface area contributed by atoms with Crippen molar-refractivity contribution in [2.45, 2.75) is 50.5 Å². The van der Waals surface area contributed by atoms with E-state index in [0.29, 0.717) is 23.8 Å². The van der Waals surface area contributed by atoms with Gasteiger partial charge in [0.15, 0.2) is 0 Å². The highest BCUT2D eigenvalue weighted by atomic mass is 16.5. The van der Waals surface area contributed by atoms with Gasteiger partial charge in [0.1, 0.15) is 17.8 Å². The molecule has 0 unspecified atom stereocenters. The van der Waals surface area contributed by atoms with Crippen LogP contribution in [0.3, 0.4) is 0 Å². The molecule has 1 saturated carbocycles. The van der Waals surface area contributed by atoms with Gasteiger partial charge in [0.25, 0.3) is 0 Å². The monoisotopic (exact) mass is 388 g/mol. The Balaban J connectivity index is 1.38. The number of benzene rings is 1. The molecule has 0 spiro atoms. The van der Waals surface area contributed by atoms with Crippen LogP contribution in [0.5, 0.6) is 0 Å². The molecule has 29 heavy (non-hydrogen) atoms. The first-order chi connectivity index (χ1) is 14.4. The first-order valence-electron chi connectivity index (χ1n) is 11.1. The van der Waals surface area contributed by atoms with Gasteiger partial charge in [-0.1, -0.05) is 24.3 Å². The van der Waals surface area contributed by atoms with Gasteiger partial charge in [0, 0.05) is 18.9 Å². The Bertz CT molecular complexity index is 1020. The second kappa shape index (κ2) is 7.13. The van der Waals surface area contributed by atoms with Gasteiger partial charge >= 0.3 is 0 Å². The summed E-state index contributed by atoms with van der Waals surface area (Å²) in [4.78, 5) is 12.7. The number of anilines is 1. The van der Waals surface area contributed by atoms with Crippen molar-refractivity contribution < 1.29 is 4.74 Å². The molecule has 2 fully saturated rings. The van der Waals surface area contributed by atoms with Crippen LogP contribution in [0.2, 0.25) is 0 Å². The molecule has 0 bridgehead atoms. The number of rotatable bonds is 4. The Morgan fingerprint density at radius 2 is 1.86 bits per heavy atom. The van der Waals surface area contributed by atoms with Gasteiger partial charge < -0.3 is 15.0 Å². The van der Waals surface area contributed by atoms with E-state index in [0.717, 1.165) is 30.1 Å². The number of H-pyrrole nitrogens is 1. The SMILES string of the molecule is c1ccc2c(c1)CC[C@H](C1CCOCC1)[C@@H]2Nc1ncnc2[nH]c(C3CC3)cc12. The molecule has 3 aromatic rings. The zero-order valence-electron chi connectivity index (χ0n) is 16.7. The maximum absolute atomic E-state index is 5.66. The lowest BCUT2D eigenvalue weighted by Crippen LogP contribution is -2.35. The summed E-state index contributed by atoms with van der Waals surface area (Å²) in [5, 5.41) is 5.02. The molecule has 2 aromatic heterocycles. The van der Waals surface area contributed by atoms with Crippen molar-refractivity contribution in [1.82, 2.24) is 15.0 Å². The van der Waals surface area contributed by atoms with E-state index in [2.05, 4.69) is 50.6 Å². The van der Waals surface area contributed by atoms with Gasteiger partial charge in [0.2, 0.25) is 0 Å². The van der Waals surface area contributed by atoms with Crippen molar-refractivity contribution in [3.8, 4) is 0 Å². The maximum Gasteiger partial charge on any atom is 0.143 e. The lowest BCUT2D eigenvalue weighted by atomic mass is 9.71. The van der Waals surface area contributed by atoms with Crippen LogP contribution in [-0.2, 0) is 11.2 Å². The molecule has 5 nitrogen and oxygen atoms in total. The molecule has 0 radical (unpaired) electrons. The Morgan fingerprint density at radius 1 is 1.00 bits per heavy atom. The van der Waals surface area contributed by atoms with Gasteiger partial charge in [-0.3, -0.25) is 0 Å². The molecule has 2 atom stereocenters. The Hall–Kier alpha value is -2.40. The van der Waals surface area contributed by atoms with Crippen LogP contribution in [0.1, 0.15) is 60.9 Å². The molecule has 2 N–H and O–H groups in total. The number of hydrogen-bond acceptors (Lipinski definition) is 4. The quantitative estimate of drug-likeness (QED) is 0.662. The summed E-state index contributed by atoms with van der Waals surface area (Å²) < 4.78 is 5.66. The molecule has 0 amide bonds. The molecule has 1 aliphatic heterocycles. The normalized spacial score (nSPS) is 25.1. The van der Waals surface area contributed by atoms with E-state index in [1.54, 1.807) is 6.33 Å². The van der Waals surface area contributed by atoms with Crippen molar-refractivity contribution in [2.24, 2.45) is 11.8 Å². The summed E-state index contributed by atoms with van der Waals surface area (Å²) >= 11 is 0. The highest BCUT2D eigenvalue weighted by Gasteiger charge is 2.36. The number of nitrogens with zero attached hydrogens (tertiary/aromatic N) is 2. The second-order valence-corrected chi connectivity index (χ2v) is 8.96. The molecule has 6 rings (SSSR count). The largest absolute Gasteiger partial charge is 0.381 e. The summed E-state index contributed by atoms with van der Waals surface area (Å²) in [6, 6.07) is 11.5. The van der Waals surface area contributed by atoms with E-state index in [1.807, 2.05) is 0 Å². The molecular formula is C24H28N4O. The zero-order chi connectivity index (χ0) is 19.2. The van der Waals surface area contributed by atoms with Gasteiger partial charge in [-0.2, -0.15) is 0 Å². The van der Waals surface area contributed by atoms with Gasteiger partial charge in [0.05, 0.1) is 11.4 Å². The van der Waals surface area contributed by atoms with E-state index in [4.69, 9.17) is 4.74 Å². The summed E-state index contributed by atoms with van der Waals surface area (Å²) in [6.07, 6.45) is 8.99. The molecule has 150 valence electrons. The molecule has 1 saturated heterocycles. The highest BCUT2D eigenvalue weighted by molar-refractivity contribution is 5.88. The van der Waals surface area contributed by atoms with Crippen LogP contribution in [0.25, 0.3) is 11.0 Å². The minimum absolute atomic E-state index is 0.292. The molecule has 3 heterocycles. The molecule has 2 aliphatic carbocycles. The van der Waals surface area contributed by atoms with Gasteiger partial charge in [-0.15, -0.1) is 0 Å².